The van der Waals surface area contributed by atoms with Crippen molar-refractivity contribution in [2.45, 2.75) is 33.0 Å². The SMILES string of the molecule is CNC(CC(C)C)B(C)O. The van der Waals surface area contributed by atoms with E-state index in [-0.39, 0.29) is 12.9 Å². The van der Waals surface area contributed by atoms with E-state index >= 15 is 0 Å². The van der Waals surface area contributed by atoms with Crippen LogP contribution in [0.15, 0.2) is 0 Å². The standard InChI is InChI=1S/C7H18BNO/c1-6(2)5-7(9-4)8(3)10/h6-7,9-10H,5H2,1-4H3. The summed E-state index contributed by atoms with van der Waals surface area (Å²) in [5.41, 5.74) is 0. The Hall–Kier alpha value is -0.0151. The van der Waals surface area contributed by atoms with Gasteiger partial charge >= 0.3 is 6.92 Å². The molecule has 0 spiro atoms. The molecule has 1 atom stereocenters. The summed E-state index contributed by atoms with van der Waals surface area (Å²) >= 11 is 0. The lowest BCUT2D eigenvalue weighted by atomic mass is 9.61. The third-order valence-electron chi connectivity index (χ3n) is 1.68. The van der Waals surface area contributed by atoms with Crippen molar-refractivity contribution >= 4 is 6.92 Å². The van der Waals surface area contributed by atoms with Crippen molar-refractivity contribution < 1.29 is 5.02 Å². The molecule has 2 nitrogen and oxygen atoms in total. The van der Waals surface area contributed by atoms with Crippen molar-refractivity contribution in [2.75, 3.05) is 7.05 Å². The van der Waals surface area contributed by atoms with Crippen molar-refractivity contribution in [2.24, 2.45) is 5.92 Å². The van der Waals surface area contributed by atoms with E-state index in [4.69, 9.17) is 0 Å². The van der Waals surface area contributed by atoms with Crippen LogP contribution in [0, 0.1) is 5.92 Å². The van der Waals surface area contributed by atoms with E-state index in [0.29, 0.717) is 5.92 Å². The number of hydrogen-bond donors (Lipinski definition) is 2. The molecule has 10 heavy (non-hydrogen) atoms. The van der Waals surface area contributed by atoms with Gasteiger partial charge in [0.1, 0.15) is 0 Å². The summed E-state index contributed by atoms with van der Waals surface area (Å²) in [5.74, 6) is 0.895. The highest BCUT2D eigenvalue weighted by Crippen LogP contribution is 2.05. The van der Waals surface area contributed by atoms with Gasteiger partial charge in [0.2, 0.25) is 0 Å². The van der Waals surface area contributed by atoms with E-state index in [1.807, 2.05) is 13.9 Å². The van der Waals surface area contributed by atoms with Gasteiger partial charge in [-0.05, 0) is 19.4 Å². The minimum Gasteiger partial charge on any atom is -0.449 e. The molecule has 0 aliphatic rings. The van der Waals surface area contributed by atoms with Gasteiger partial charge in [-0.1, -0.05) is 20.7 Å². The molecule has 0 amide bonds. The highest BCUT2D eigenvalue weighted by Gasteiger charge is 2.17. The summed E-state index contributed by atoms with van der Waals surface area (Å²) in [4.78, 5) is 0. The monoisotopic (exact) mass is 143 g/mol. The topological polar surface area (TPSA) is 32.3 Å². The zero-order valence-corrected chi connectivity index (χ0v) is 7.39. The molecule has 0 bridgehead atoms. The van der Waals surface area contributed by atoms with E-state index in [9.17, 15) is 5.02 Å². The molecule has 0 fully saturated rings. The summed E-state index contributed by atoms with van der Waals surface area (Å²) in [6, 6.07) is 0. The smallest absolute Gasteiger partial charge is 0.303 e. The van der Waals surface area contributed by atoms with Gasteiger partial charge < -0.3 is 10.3 Å². The van der Waals surface area contributed by atoms with Gasteiger partial charge in [-0.25, -0.2) is 0 Å². The molecule has 0 rings (SSSR count). The average molecular weight is 143 g/mol. The third-order valence-corrected chi connectivity index (χ3v) is 1.68. The zero-order chi connectivity index (χ0) is 8.15. The number of nitrogens with one attached hydrogen (secondary N) is 1. The van der Waals surface area contributed by atoms with Crippen molar-refractivity contribution in [1.29, 1.82) is 0 Å². The Morgan fingerprint density at radius 3 is 2.10 bits per heavy atom. The van der Waals surface area contributed by atoms with E-state index in [2.05, 4.69) is 19.2 Å². The van der Waals surface area contributed by atoms with Crippen LogP contribution in [-0.4, -0.2) is 24.9 Å². The maximum absolute atomic E-state index is 9.20. The molecular weight excluding hydrogens is 125 g/mol. The van der Waals surface area contributed by atoms with Crippen LogP contribution in [0.4, 0.5) is 0 Å². The Morgan fingerprint density at radius 2 is 2.00 bits per heavy atom. The fraction of sp³-hybridized carbons (Fsp3) is 1.00. The van der Waals surface area contributed by atoms with Crippen LogP contribution < -0.4 is 5.32 Å². The van der Waals surface area contributed by atoms with Crippen LogP contribution in [0.1, 0.15) is 20.3 Å². The second-order valence-corrected chi connectivity index (χ2v) is 3.27. The van der Waals surface area contributed by atoms with Crippen LogP contribution in [0.25, 0.3) is 0 Å². The van der Waals surface area contributed by atoms with E-state index < -0.39 is 0 Å². The average Bonchev–Trinajstić information content (AvgIpc) is 1.81. The number of rotatable bonds is 4. The predicted molar refractivity (Wildman–Crippen MR) is 46.1 cm³/mol. The lowest BCUT2D eigenvalue weighted by Crippen LogP contribution is -2.40. The molecule has 1 unspecified atom stereocenters. The predicted octanol–water partition coefficient (Wildman–Crippen LogP) is 0.773. The first-order valence-electron chi connectivity index (χ1n) is 3.93. The van der Waals surface area contributed by atoms with Crippen molar-refractivity contribution in [1.82, 2.24) is 5.32 Å². The first-order chi connectivity index (χ1) is 4.57. The quantitative estimate of drug-likeness (QED) is 0.569. The van der Waals surface area contributed by atoms with Gasteiger partial charge in [-0.15, -0.1) is 0 Å². The van der Waals surface area contributed by atoms with Crippen LogP contribution in [0.3, 0.4) is 0 Å². The summed E-state index contributed by atoms with van der Waals surface area (Å²) in [7, 11) is 1.89. The van der Waals surface area contributed by atoms with E-state index in [1.165, 1.54) is 0 Å². The molecule has 0 aliphatic heterocycles. The van der Waals surface area contributed by atoms with E-state index in [0.717, 1.165) is 6.42 Å². The largest absolute Gasteiger partial charge is 0.449 e. The normalized spacial score (nSPS) is 13.8. The molecule has 0 aromatic rings. The third kappa shape index (κ3) is 3.91. The highest BCUT2D eigenvalue weighted by molar-refractivity contribution is 6.50. The summed E-state index contributed by atoms with van der Waals surface area (Å²) < 4.78 is 0. The highest BCUT2D eigenvalue weighted by atomic mass is 16.2. The molecule has 0 aromatic heterocycles. The minimum absolute atomic E-state index is 0.243. The maximum Gasteiger partial charge on any atom is 0.303 e. The van der Waals surface area contributed by atoms with Gasteiger partial charge in [0.25, 0.3) is 0 Å². The Bertz CT molecular complexity index is 85.7. The second kappa shape index (κ2) is 4.75. The molecule has 0 saturated heterocycles. The van der Waals surface area contributed by atoms with Crippen LogP contribution >= 0.6 is 0 Å². The molecule has 0 aromatic carbocycles. The Kier molecular flexibility index (Phi) is 4.74. The molecule has 0 heterocycles. The minimum atomic E-state index is -0.243. The van der Waals surface area contributed by atoms with Crippen molar-refractivity contribution in [3.8, 4) is 0 Å². The number of hydrogen-bond acceptors (Lipinski definition) is 2. The van der Waals surface area contributed by atoms with Gasteiger partial charge in [0, 0.05) is 5.94 Å². The summed E-state index contributed by atoms with van der Waals surface area (Å²) in [6.07, 6.45) is 1.04. The van der Waals surface area contributed by atoms with E-state index in [1.54, 1.807) is 0 Å². The van der Waals surface area contributed by atoms with Crippen LogP contribution in [0.5, 0.6) is 0 Å². The van der Waals surface area contributed by atoms with Crippen molar-refractivity contribution in [3.05, 3.63) is 0 Å². The molecular formula is C7H18BNO. The zero-order valence-electron chi connectivity index (χ0n) is 7.39. The second-order valence-electron chi connectivity index (χ2n) is 3.27. The molecule has 60 valence electrons. The van der Waals surface area contributed by atoms with Gasteiger partial charge in [0.05, 0.1) is 0 Å². The lowest BCUT2D eigenvalue weighted by molar-refractivity contribution is 0.468. The van der Waals surface area contributed by atoms with Crippen molar-refractivity contribution in [3.63, 3.8) is 0 Å². The Morgan fingerprint density at radius 1 is 1.50 bits per heavy atom. The molecule has 0 radical (unpaired) electrons. The Balaban J connectivity index is 3.60. The van der Waals surface area contributed by atoms with Crippen LogP contribution in [-0.2, 0) is 0 Å². The fourth-order valence-corrected chi connectivity index (χ4v) is 1.06. The van der Waals surface area contributed by atoms with Gasteiger partial charge in [0.15, 0.2) is 0 Å². The molecule has 2 N–H and O–H groups in total. The molecule has 0 aliphatic carbocycles. The summed E-state index contributed by atoms with van der Waals surface area (Å²) in [6.45, 7) is 5.90. The first kappa shape index (κ1) is 9.98. The van der Waals surface area contributed by atoms with Gasteiger partial charge in [-0.3, -0.25) is 0 Å². The first-order valence-corrected chi connectivity index (χ1v) is 3.93. The fourth-order valence-electron chi connectivity index (χ4n) is 1.06. The lowest BCUT2D eigenvalue weighted by Gasteiger charge is -2.18. The van der Waals surface area contributed by atoms with Gasteiger partial charge in [-0.2, -0.15) is 0 Å². The molecule has 0 saturated carbocycles. The Labute approximate surface area is 64.1 Å². The summed E-state index contributed by atoms with van der Waals surface area (Å²) in [5, 5.41) is 12.3. The van der Waals surface area contributed by atoms with Crippen LogP contribution in [0.2, 0.25) is 6.82 Å². The molecule has 3 heteroatoms. The maximum atomic E-state index is 9.20.